The van der Waals surface area contributed by atoms with E-state index in [0.717, 1.165) is 19.4 Å². The van der Waals surface area contributed by atoms with E-state index in [1.54, 1.807) is 12.3 Å². The molecule has 1 saturated carbocycles. The number of hydrogen-bond donors (Lipinski definition) is 2. The highest BCUT2D eigenvalue weighted by Gasteiger charge is 2.37. The highest BCUT2D eigenvalue weighted by Crippen LogP contribution is 2.34. The van der Waals surface area contributed by atoms with E-state index in [9.17, 15) is 4.79 Å². The van der Waals surface area contributed by atoms with E-state index in [1.165, 1.54) is 32.1 Å². The minimum Gasteiger partial charge on any atom is -0.469 e. The molecule has 3 rings (SSSR count). The second-order valence-corrected chi connectivity index (χ2v) is 6.32. The molecule has 2 heterocycles. The van der Waals surface area contributed by atoms with Gasteiger partial charge in [0.1, 0.15) is 5.76 Å². The first-order valence-corrected chi connectivity index (χ1v) is 7.79. The molecule has 1 aromatic rings. The molecule has 2 fully saturated rings. The summed E-state index contributed by atoms with van der Waals surface area (Å²) in [6, 6.07) is 2.04. The minimum atomic E-state index is 0.00843. The van der Waals surface area contributed by atoms with Crippen LogP contribution in [0.4, 0.5) is 0 Å². The fourth-order valence-electron chi connectivity index (χ4n) is 3.77. The van der Waals surface area contributed by atoms with Crippen LogP contribution >= 0.6 is 0 Å². The van der Waals surface area contributed by atoms with Gasteiger partial charge in [-0.3, -0.25) is 4.79 Å². The van der Waals surface area contributed by atoms with Gasteiger partial charge in [0.25, 0.3) is 5.91 Å². The number of piperidine rings is 1. The van der Waals surface area contributed by atoms with E-state index in [4.69, 9.17) is 4.42 Å². The topological polar surface area (TPSA) is 54.3 Å². The standard InChI is InChI=1S/C16H24N2O2/c1-12-14(6-10-20-12)15(19)18-13-5-9-17-16(11-13)7-3-2-4-8-16/h6,10,13,17H,2-5,7-9,11H2,1H3,(H,18,19). The number of carbonyl (C=O) groups is 1. The largest absolute Gasteiger partial charge is 0.469 e. The van der Waals surface area contributed by atoms with Crippen molar-refractivity contribution in [3.05, 3.63) is 23.7 Å². The molecule has 1 atom stereocenters. The maximum atomic E-state index is 12.3. The van der Waals surface area contributed by atoms with Crippen LogP contribution in [0.5, 0.6) is 0 Å². The van der Waals surface area contributed by atoms with Gasteiger partial charge in [0.15, 0.2) is 0 Å². The second kappa shape index (κ2) is 5.60. The fraction of sp³-hybridized carbons (Fsp3) is 0.688. The Morgan fingerprint density at radius 2 is 2.20 bits per heavy atom. The molecule has 1 aromatic heterocycles. The van der Waals surface area contributed by atoms with E-state index in [2.05, 4.69) is 10.6 Å². The van der Waals surface area contributed by atoms with Crippen LogP contribution in [0.15, 0.2) is 16.7 Å². The van der Waals surface area contributed by atoms with Crippen molar-refractivity contribution in [1.29, 1.82) is 0 Å². The van der Waals surface area contributed by atoms with E-state index in [1.807, 2.05) is 6.92 Å². The van der Waals surface area contributed by atoms with Crippen LogP contribution in [0, 0.1) is 6.92 Å². The summed E-state index contributed by atoms with van der Waals surface area (Å²) >= 11 is 0. The van der Waals surface area contributed by atoms with Crippen molar-refractivity contribution in [2.75, 3.05) is 6.54 Å². The highest BCUT2D eigenvalue weighted by molar-refractivity contribution is 5.95. The van der Waals surface area contributed by atoms with Crippen LogP contribution in [0.3, 0.4) is 0 Å². The molecule has 110 valence electrons. The molecule has 4 nitrogen and oxygen atoms in total. The molecule has 0 radical (unpaired) electrons. The Morgan fingerprint density at radius 3 is 2.90 bits per heavy atom. The lowest BCUT2D eigenvalue weighted by Gasteiger charge is -2.44. The monoisotopic (exact) mass is 276 g/mol. The molecular formula is C16H24N2O2. The molecule has 1 aliphatic carbocycles. The van der Waals surface area contributed by atoms with Crippen LogP contribution in [0.25, 0.3) is 0 Å². The molecule has 1 spiro atoms. The summed E-state index contributed by atoms with van der Waals surface area (Å²) in [6.07, 6.45) is 10.2. The number of carbonyl (C=O) groups excluding carboxylic acids is 1. The predicted octanol–water partition coefficient (Wildman–Crippen LogP) is 2.77. The summed E-state index contributed by atoms with van der Waals surface area (Å²) in [5.41, 5.74) is 0.945. The molecule has 0 aromatic carbocycles. The molecule has 2 aliphatic rings. The number of furan rings is 1. The van der Waals surface area contributed by atoms with Crippen LogP contribution in [0.2, 0.25) is 0 Å². The zero-order chi connectivity index (χ0) is 14.0. The molecule has 1 saturated heterocycles. The maximum absolute atomic E-state index is 12.3. The molecule has 1 amide bonds. The second-order valence-electron chi connectivity index (χ2n) is 6.32. The summed E-state index contributed by atoms with van der Waals surface area (Å²) in [5.74, 6) is 0.706. The van der Waals surface area contributed by atoms with Gasteiger partial charge in [0.05, 0.1) is 11.8 Å². The van der Waals surface area contributed by atoms with Gasteiger partial charge >= 0.3 is 0 Å². The third-order valence-electron chi connectivity index (χ3n) is 4.88. The molecule has 2 N–H and O–H groups in total. The van der Waals surface area contributed by atoms with Crippen molar-refractivity contribution in [1.82, 2.24) is 10.6 Å². The van der Waals surface area contributed by atoms with Gasteiger partial charge in [-0.05, 0) is 45.2 Å². The first-order chi connectivity index (χ1) is 9.69. The Labute approximate surface area is 120 Å². The third-order valence-corrected chi connectivity index (χ3v) is 4.88. The Morgan fingerprint density at radius 1 is 1.40 bits per heavy atom. The Hall–Kier alpha value is -1.29. The molecule has 1 aliphatic heterocycles. The summed E-state index contributed by atoms with van der Waals surface area (Å²) in [5, 5.41) is 6.91. The van der Waals surface area contributed by atoms with Gasteiger partial charge in [-0.2, -0.15) is 0 Å². The predicted molar refractivity (Wildman–Crippen MR) is 77.8 cm³/mol. The Bertz CT molecular complexity index is 469. The van der Waals surface area contributed by atoms with Crippen molar-refractivity contribution < 1.29 is 9.21 Å². The Balaban J connectivity index is 1.63. The quantitative estimate of drug-likeness (QED) is 0.873. The number of hydrogen-bond acceptors (Lipinski definition) is 3. The summed E-state index contributed by atoms with van der Waals surface area (Å²) < 4.78 is 5.21. The molecule has 4 heteroatoms. The zero-order valence-electron chi connectivity index (χ0n) is 12.2. The first-order valence-electron chi connectivity index (χ1n) is 7.79. The molecule has 0 bridgehead atoms. The number of nitrogens with one attached hydrogen (secondary N) is 2. The minimum absolute atomic E-state index is 0.00843. The molecule has 20 heavy (non-hydrogen) atoms. The summed E-state index contributed by atoms with van der Waals surface area (Å²) in [4.78, 5) is 12.3. The SMILES string of the molecule is Cc1occc1C(=O)NC1CCNC2(CCCCC2)C1. The van der Waals surface area contributed by atoms with Crippen LogP contribution in [0.1, 0.15) is 61.1 Å². The van der Waals surface area contributed by atoms with Crippen molar-refractivity contribution >= 4 is 5.91 Å². The van der Waals surface area contributed by atoms with Gasteiger partial charge in [-0.15, -0.1) is 0 Å². The number of amides is 1. The van der Waals surface area contributed by atoms with Crippen LogP contribution in [-0.2, 0) is 0 Å². The lowest BCUT2D eigenvalue weighted by Crippen LogP contribution is -2.57. The first kappa shape index (κ1) is 13.7. The molecular weight excluding hydrogens is 252 g/mol. The summed E-state index contributed by atoms with van der Waals surface area (Å²) in [6.45, 7) is 2.84. The van der Waals surface area contributed by atoms with Crippen LogP contribution in [-0.4, -0.2) is 24.0 Å². The number of rotatable bonds is 2. The zero-order valence-corrected chi connectivity index (χ0v) is 12.2. The smallest absolute Gasteiger partial charge is 0.255 e. The van der Waals surface area contributed by atoms with E-state index in [-0.39, 0.29) is 17.5 Å². The lowest BCUT2D eigenvalue weighted by atomic mass is 9.75. The molecule has 1 unspecified atom stereocenters. The highest BCUT2D eigenvalue weighted by atomic mass is 16.3. The van der Waals surface area contributed by atoms with E-state index >= 15 is 0 Å². The van der Waals surface area contributed by atoms with Gasteiger partial charge < -0.3 is 15.1 Å². The van der Waals surface area contributed by atoms with Crippen molar-refractivity contribution in [3.8, 4) is 0 Å². The average molecular weight is 276 g/mol. The van der Waals surface area contributed by atoms with Gasteiger partial charge in [-0.25, -0.2) is 0 Å². The van der Waals surface area contributed by atoms with Crippen molar-refractivity contribution in [3.63, 3.8) is 0 Å². The van der Waals surface area contributed by atoms with E-state index < -0.39 is 0 Å². The van der Waals surface area contributed by atoms with Gasteiger partial charge in [0, 0.05) is 11.6 Å². The van der Waals surface area contributed by atoms with Crippen molar-refractivity contribution in [2.45, 2.75) is 63.5 Å². The van der Waals surface area contributed by atoms with Gasteiger partial charge in [0.2, 0.25) is 0 Å². The normalized spacial score (nSPS) is 25.6. The summed E-state index contributed by atoms with van der Waals surface area (Å²) in [7, 11) is 0. The van der Waals surface area contributed by atoms with Crippen molar-refractivity contribution in [2.24, 2.45) is 0 Å². The number of aryl methyl sites for hydroxylation is 1. The fourth-order valence-corrected chi connectivity index (χ4v) is 3.77. The average Bonchev–Trinajstić information content (AvgIpc) is 2.86. The maximum Gasteiger partial charge on any atom is 0.255 e. The van der Waals surface area contributed by atoms with Crippen LogP contribution < -0.4 is 10.6 Å². The Kier molecular flexibility index (Phi) is 3.83. The third kappa shape index (κ3) is 2.75. The van der Waals surface area contributed by atoms with Gasteiger partial charge in [-0.1, -0.05) is 19.3 Å². The lowest BCUT2D eigenvalue weighted by molar-refractivity contribution is 0.0891. The van der Waals surface area contributed by atoms with E-state index in [0.29, 0.717) is 11.3 Å².